The van der Waals surface area contributed by atoms with Gasteiger partial charge in [-0.1, -0.05) is 0 Å². The summed E-state index contributed by atoms with van der Waals surface area (Å²) in [5.41, 5.74) is 0.523. The first-order valence-electron chi connectivity index (χ1n) is 7.88. The van der Waals surface area contributed by atoms with Crippen molar-refractivity contribution < 1.29 is 4.79 Å². The minimum Gasteiger partial charge on any atom is -0.337 e. The molecular weight excluding hydrogens is 278 g/mol. The molecule has 1 saturated heterocycles. The fourth-order valence-electron chi connectivity index (χ4n) is 3.14. The SMILES string of the molecule is CC(C)n1ccnc1[C@H]1CCCN(C(=O)c2ccn(C)n2)C1. The maximum atomic E-state index is 12.6. The number of imidazole rings is 1. The molecule has 0 radical (unpaired) electrons. The van der Waals surface area contributed by atoms with Gasteiger partial charge in [-0.15, -0.1) is 0 Å². The Labute approximate surface area is 130 Å². The highest BCUT2D eigenvalue weighted by Crippen LogP contribution is 2.28. The van der Waals surface area contributed by atoms with Gasteiger partial charge < -0.3 is 9.47 Å². The van der Waals surface area contributed by atoms with E-state index in [0.29, 0.717) is 17.7 Å². The van der Waals surface area contributed by atoms with Gasteiger partial charge in [-0.05, 0) is 32.8 Å². The first-order valence-corrected chi connectivity index (χ1v) is 7.88. The van der Waals surface area contributed by atoms with Crippen molar-refractivity contribution in [2.45, 2.75) is 38.6 Å². The Hall–Kier alpha value is -2.11. The molecule has 0 bridgehead atoms. The molecule has 118 valence electrons. The first-order chi connectivity index (χ1) is 10.6. The molecule has 0 aliphatic carbocycles. The second-order valence-electron chi connectivity index (χ2n) is 6.25. The van der Waals surface area contributed by atoms with Crippen LogP contribution < -0.4 is 0 Å². The summed E-state index contributed by atoms with van der Waals surface area (Å²) in [6.07, 6.45) is 7.78. The summed E-state index contributed by atoms with van der Waals surface area (Å²) >= 11 is 0. The lowest BCUT2D eigenvalue weighted by Gasteiger charge is -2.32. The zero-order chi connectivity index (χ0) is 15.7. The second kappa shape index (κ2) is 5.94. The molecular formula is C16H23N5O. The zero-order valence-corrected chi connectivity index (χ0v) is 13.4. The van der Waals surface area contributed by atoms with Crippen molar-refractivity contribution >= 4 is 5.91 Å². The molecule has 1 amide bonds. The van der Waals surface area contributed by atoms with Crippen molar-refractivity contribution in [1.29, 1.82) is 0 Å². The van der Waals surface area contributed by atoms with E-state index in [1.165, 1.54) is 0 Å². The van der Waals surface area contributed by atoms with Crippen molar-refractivity contribution in [2.24, 2.45) is 7.05 Å². The minimum absolute atomic E-state index is 0.0213. The van der Waals surface area contributed by atoms with Crippen LogP contribution in [0.3, 0.4) is 0 Å². The van der Waals surface area contributed by atoms with E-state index in [-0.39, 0.29) is 5.91 Å². The number of piperidine rings is 1. The average molecular weight is 301 g/mol. The number of carbonyl (C=O) groups is 1. The lowest BCUT2D eigenvalue weighted by atomic mass is 9.96. The van der Waals surface area contributed by atoms with E-state index in [1.807, 2.05) is 24.3 Å². The van der Waals surface area contributed by atoms with Crippen LogP contribution >= 0.6 is 0 Å². The quantitative estimate of drug-likeness (QED) is 0.873. The van der Waals surface area contributed by atoms with Gasteiger partial charge in [0.25, 0.3) is 5.91 Å². The Morgan fingerprint density at radius 3 is 2.86 bits per heavy atom. The monoisotopic (exact) mass is 301 g/mol. The molecule has 3 rings (SSSR count). The number of amides is 1. The van der Waals surface area contributed by atoms with Gasteiger partial charge in [0.2, 0.25) is 0 Å². The third-order valence-corrected chi connectivity index (χ3v) is 4.26. The lowest BCUT2D eigenvalue weighted by molar-refractivity contribution is 0.0696. The summed E-state index contributed by atoms with van der Waals surface area (Å²) in [5, 5.41) is 4.22. The van der Waals surface area contributed by atoms with Crippen LogP contribution in [0.25, 0.3) is 0 Å². The topological polar surface area (TPSA) is 56.0 Å². The predicted octanol–water partition coefficient (Wildman–Crippen LogP) is 2.22. The Morgan fingerprint density at radius 1 is 1.36 bits per heavy atom. The largest absolute Gasteiger partial charge is 0.337 e. The van der Waals surface area contributed by atoms with E-state index in [9.17, 15) is 4.79 Å². The van der Waals surface area contributed by atoms with Gasteiger partial charge in [0.15, 0.2) is 0 Å². The number of likely N-dealkylation sites (tertiary alicyclic amines) is 1. The van der Waals surface area contributed by atoms with Crippen LogP contribution in [-0.2, 0) is 7.05 Å². The van der Waals surface area contributed by atoms with Crippen LogP contribution in [0.5, 0.6) is 0 Å². The molecule has 1 atom stereocenters. The van der Waals surface area contributed by atoms with Crippen LogP contribution in [0.2, 0.25) is 0 Å². The van der Waals surface area contributed by atoms with Crippen LogP contribution in [-0.4, -0.2) is 43.2 Å². The first kappa shape index (κ1) is 14.8. The third kappa shape index (κ3) is 2.77. The van der Waals surface area contributed by atoms with E-state index in [0.717, 1.165) is 31.8 Å². The number of hydrogen-bond donors (Lipinski definition) is 0. The number of carbonyl (C=O) groups excluding carboxylic acids is 1. The van der Waals surface area contributed by atoms with Crippen molar-refractivity contribution in [3.63, 3.8) is 0 Å². The van der Waals surface area contributed by atoms with E-state index in [4.69, 9.17) is 0 Å². The Balaban J connectivity index is 1.77. The normalized spacial score (nSPS) is 18.9. The van der Waals surface area contributed by atoms with Gasteiger partial charge in [0.05, 0.1) is 0 Å². The lowest BCUT2D eigenvalue weighted by Crippen LogP contribution is -2.40. The summed E-state index contributed by atoms with van der Waals surface area (Å²) in [6.45, 7) is 5.84. The van der Waals surface area contributed by atoms with Crippen LogP contribution in [0.4, 0.5) is 0 Å². The molecule has 1 aliphatic heterocycles. The summed E-state index contributed by atoms with van der Waals surface area (Å²) in [6, 6.07) is 2.17. The van der Waals surface area contributed by atoms with Crippen LogP contribution in [0.1, 0.15) is 55.0 Å². The standard InChI is InChI=1S/C16H23N5O/c1-12(2)21-10-7-17-15(21)13-5-4-8-20(11-13)16(22)14-6-9-19(3)18-14/h6-7,9-10,12-13H,4-5,8,11H2,1-3H3/t13-/m0/s1. The molecule has 0 aromatic carbocycles. The molecule has 0 unspecified atom stereocenters. The number of nitrogens with zero attached hydrogens (tertiary/aromatic N) is 5. The van der Waals surface area contributed by atoms with Crippen LogP contribution in [0.15, 0.2) is 24.7 Å². The molecule has 0 N–H and O–H groups in total. The van der Waals surface area contributed by atoms with Crippen molar-refractivity contribution in [2.75, 3.05) is 13.1 Å². The summed E-state index contributed by atoms with van der Waals surface area (Å²) in [5.74, 6) is 1.42. The second-order valence-corrected chi connectivity index (χ2v) is 6.25. The fourth-order valence-corrected chi connectivity index (χ4v) is 3.14. The highest BCUT2D eigenvalue weighted by molar-refractivity contribution is 5.92. The molecule has 0 spiro atoms. The number of aryl methyl sites for hydroxylation is 1. The maximum absolute atomic E-state index is 12.6. The van der Waals surface area contributed by atoms with E-state index in [1.54, 1.807) is 16.9 Å². The van der Waals surface area contributed by atoms with Gasteiger partial charge in [0.1, 0.15) is 11.5 Å². The maximum Gasteiger partial charge on any atom is 0.274 e. The summed E-state index contributed by atoms with van der Waals surface area (Å²) < 4.78 is 3.87. The minimum atomic E-state index is 0.0213. The van der Waals surface area contributed by atoms with Gasteiger partial charge >= 0.3 is 0 Å². The molecule has 2 aromatic rings. The average Bonchev–Trinajstić information content (AvgIpc) is 3.15. The zero-order valence-electron chi connectivity index (χ0n) is 13.4. The molecule has 3 heterocycles. The molecule has 0 saturated carbocycles. The van der Waals surface area contributed by atoms with Gasteiger partial charge in [0, 0.05) is 50.7 Å². The Kier molecular flexibility index (Phi) is 4.00. The highest BCUT2D eigenvalue weighted by atomic mass is 16.2. The molecule has 6 heteroatoms. The van der Waals surface area contributed by atoms with E-state index in [2.05, 4.69) is 28.5 Å². The molecule has 22 heavy (non-hydrogen) atoms. The van der Waals surface area contributed by atoms with Gasteiger partial charge in [-0.2, -0.15) is 5.10 Å². The Morgan fingerprint density at radius 2 is 2.18 bits per heavy atom. The predicted molar refractivity (Wildman–Crippen MR) is 83.7 cm³/mol. The van der Waals surface area contributed by atoms with Gasteiger partial charge in [-0.25, -0.2) is 4.98 Å². The summed E-state index contributed by atoms with van der Waals surface area (Å²) in [7, 11) is 1.83. The van der Waals surface area contributed by atoms with E-state index < -0.39 is 0 Å². The van der Waals surface area contributed by atoms with Gasteiger partial charge in [-0.3, -0.25) is 9.48 Å². The number of hydrogen-bond acceptors (Lipinski definition) is 3. The number of rotatable bonds is 3. The molecule has 6 nitrogen and oxygen atoms in total. The smallest absolute Gasteiger partial charge is 0.274 e. The molecule has 1 aliphatic rings. The van der Waals surface area contributed by atoms with Crippen molar-refractivity contribution in [3.8, 4) is 0 Å². The number of aromatic nitrogens is 4. The fraction of sp³-hybridized carbons (Fsp3) is 0.562. The highest BCUT2D eigenvalue weighted by Gasteiger charge is 2.29. The van der Waals surface area contributed by atoms with E-state index >= 15 is 0 Å². The molecule has 1 fully saturated rings. The van der Waals surface area contributed by atoms with Crippen molar-refractivity contribution in [1.82, 2.24) is 24.2 Å². The molecule has 2 aromatic heterocycles. The van der Waals surface area contributed by atoms with Crippen molar-refractivity contribution in [3.05, 3.63) is 36.2 Å². The Bertz CT molecular complexity index is 657. The summed E-state index contributed by atoms with van der Waals surface area (Å²) in [4.78, 5) is 19.0. The third-order valence-electron chi connectivity index (χ3n) is 4.26. The van der Waals surface area contributed by atoms with Crippen LogP contribution in [0, 0.1) is 0 Å².